The monoisotopic (exact) mass is 299 g/mol. The van der Waals surface area contributed by atoms with Gasteiger partial charge in [-0.15, -0.1) is 0 Å². The average molecular weight is 300 g/mol. The summed E-state index contributed by atoms with van der Waals surface area (Å²) in [5, 5.41) is 12.1. The first-order valence-electron chi connectivity index (χ1n) is 6.11. The number of ether oxygens (including phenoxy) is 1. The molecule has 0 heterocycles. The number of aromatic carboxylic acids is 1. The normalized spacial score (nSPS) is 12.7. The van der Waals surface area contributed by atoms with Crippen molar-refractivity contribution in [2.24, 2.45) is 0 Å². The number of amides is 1. The predicted molar refractivity (Wildman–Crippen MR) is 76.4 cm³/mol. The molecule has 1 atom stereocenters. The van der Waals surface area contributed by atoms with Crippen molar-refractivity contribution in [1.82, 2.24) is 5.32 Å². The van der Waals surface area contributed by atoms with E-state index >= 15 is 0 Å². The van der Waals surface area contributed by atoms with Crippen LogP contribution in [0.2, 0.25) is 5.02 Å². The van der Waals surface area contributed by atoms with Gasteiger partial charge in [-0.25, -0.2) is 4.79 Å². The fraction of sp³-hybridized carbons (Fsp3) is 0.429. The lowest BCUT2D eigenvalue weighted by Crippen LogP contribution is -2.46. The standard InChI is InChI=1S/C14H18ClNO4/c1-8(12(17)16-14(2,3)4)20-11-6-5-9(15)7-10(11)13(18)19/h5-8H,1-4H3,(H,16,17)(H,18,19). The van der Waals surface area contributed by atoms with E-state index in [1.807, 2.05) is 20.8 Å². The Kier molecular flexibility index (Phi) is 5.00. The molecule has 0 aliphatic carbocycles. The molecule has 0 saturated heterocycles. The summed E-state index contributed by atoms with van der Waals surface area (Å²) in [7, 11) is 0. The summed E-state index contributed by atoms with van der Waals surface area (Å²) in [5.74, 6) is -1.37. The molecule has 6 heteroatoms. The zero-order valence-corrected chi connectivity index (χ0v) is 12.6. The number of carbonyl (C=O) groups excluding carboxylic acids is 1. The van der Waals surface area contributed by atoms with Crippen LogP contribution in [0.15, 0.2) is 18.2 Å². The Balaban J connectivity index is 2.88. The van der Waals surface area contributed by atoms with Gasteiger partial charge in [-0.1, -0.05) is 11.6 Å². The van der Waals surface area contributed by atoms with Gasteiger partial charge in [0, 0.05) is 10.6 Å². The van der Waals surface area contributed by atoms with Gasteiger partial charge in [0.15, 0.2) is 6.10 Å². The Morgan fingerprint density at radius 2 is 1.95 bits per heavy atom. The fourth-order valence-electron chi connectivity index (χ4n) is 1.49. The number of halogens is 1. The Morgan fingerprint density at radius 1 is 1.35 bits per heavy atom. The van der Waals surface area contributed by atoms with Crippen molar-refractivity contribution in [3.05, 3.63) is 28.8 Å². The van der Waals surface area contributed by atoms with E-state index in [0.717, 1.165) is 0 Å². The second-order valence-corrected chi connectivity index (χ2v) is 5.88. The van der Waals surface area contributed by atoms with Crippen molar-refractivity contribution in [1.29, 1.82) is 0 Å². The molecule has 1 aromatic carbocycles. The number of hydrogen-bond acceptors (Lipinski definition) is 3. The molecule has 2 N–H and O–H groups in total. The molecule has 20 heavy (non-hydrogen) atoms. The van der Waals surface area contributed by atoms with Crippen LogP contribution in [-0.2, 0) is 4.79 Å². The molecule has 0 fully saturated rings. The number of carboxylic acids is 1. The van der Waals surface area contributed by atoms with E-state index in [9.17, 15) is 9.59 Å². The molecule has 1 amide bonds. The zero-order valence-electron chi connectivity index (χ0n) is 11.9. The number of rotatable bonds is 4. The molecule has 0 aliphatic rings. The Labute approximate surface area is 122 Å². The smallest absolute Gasteiger partial charge is 0.339 e. The SMILES string of the molecule is CC(Oc1ccc(Cl)cc1C(=O)O)C(=O)NC(C)(C)C. The molecule has 0 bridgehead atoms. The van der Waals surface area contributed by atoms with Gasteiger partial charge in [0.1, 0.15) is 11.3 Å². The topological polar surface area (TPSA) is 75.6 Å². The molecule has 1 rings (SSSR count). The molecule has 0 spiro atoms. The Bertz CT molecular complexity index is 522. The molecule has 1 aromatic rings. The van der Waals surface area contributed by atoms with E-state index in [-0.39, 0.29) is 22.8 Å². The molecule has 0 aliphatic heterocycles. The highest BCUT2D eigenvalue weighted by Crippen LogP contribution is 2.24. The molecule has 5 nitrogen and oxygen atoms in total. The average Bonchev–Trinajstić information content (AvgIpc) is 2.28. The van der Waals surface area contributed by atoms with Crippen LogP contribution in [-0.4, -0.2) is 28.6 Å². The summed E-state index contributed by atoms with van der Waals surface area (Å²) >= 11 is 5.75. The molecule has 1 unspecified atom stereocenters. The lowest BCUT2D eigenvalue weighted by atomic mass is 10.1. The zero-order chi connectivity index (χ0) is 15.5. The molecule has 110 valence electrons. The fourth-order valence-corrected chi connectivity index (χ4v) is 1.66. The van der Waals surface area contributed by atoms with Crippen molar-refractivity contribution < 1.29 is 19.4 Å². The first kappa shape index (κ1) is 16.3. The van der Waals surface area contributed by atoms with Gasteiger partial charge in [-0.3, -0.25) is 4.79 Å². The van der Waals surface area contributed by atoms with Crippen LogP contribution in [0.1, 0.15) is 38.1 Å². The van der Waals surface area contributed by atoms with Gasteiger partial charge in [-0.2, -0.15) is 0 Å². The van der Waals surface area contributed by atoms with Gasteiger partial charge in [-0.05, 0) is 45.9 Å². The van der Waals surface area contributed by atoms with Crippen LogP contribution in [0.25, 0.3) is 0 Å². The number of hydrogen-bond donors (Lipinski definition) is 2. The maximum absolute atomic E-state index is 11.9. The molecule has 0 saturated carbocycles. The summed E-state index contributed by atoms with van der Waals surface area (Å²) < 4.78 is 5.42. The second kappa shape index (κ2) is 6.13. The highest BCUT2D eigenvalue weighted by Gasteiger charge is 2.22. The second-order valence-electron chi connectivity index (χ2n) is 5.44. The third kappa shape index (κ3) is 4.74. The third-order valence-electron chi connectivity index (χ3n) is 2.34. The first-order valence-corrected chi connectivity index (χ1v) is 6.49. The van der Waals surface area contributed by atoms with Gasteiger partial charge >= 0.3 is 5.97 Å². The summed E-state index contributed by atoms with van der Waals surface area (Å²) in [4.78, 5) is 23.0. The van der Waals surface area contributed by atoms with E-state index in [2.05, 4.69) is 5.32 Å². The summed E-state index contributed by atoms with van der Waals surface area (Å²) in [6.07, 6.45) is -0.812. The van der Waals surface area contributed by atoms with Gasteiger partial charge < -0.3 is 15.2 Å². The lowest BCUT2D eigenvalue weighted by molar-refractivity contribution is -0.128. The molecular formula is C14H18ClNO4. The summed E-state index contributed by atoms with van der Waals surface area (Å²) in [5.41, 5.74) is -0.461. The van der Waals surface area contributed by atoms with Crippen molar-refractivity contribution in [2.45, 2.75) is 39.3 Å². The van der Waals surface area contributed by atoms with Crippen LogP contribution in [0, 0.1) is 0 Å². The number of carbonyl (C=O) groups is 2. The van der Waals surface area contributed by atoms with E-state index < -0.39 is 12.1 Å². The minimum atomic E-state index is -1.16. The van der Waals surface area contributed by atoms with Crippen LogP contribution in [0.5, 0.6) is 5.75 Å². The summed E-state index contributed by atoms with van der Waals surface area (Å²) in [6, 6.07) is 4.23. The first-order chi connectivity index (χ1) is 9.10. The lowest BCUT2D eigenvalue weighted by Gasteiger charge is -2.24. The maximum atomic E-state index is 11.9. The van der Waals surface area contributed by atoms with Crippen molar-refractivity contribution in [3.8, 4) is 5.75 Å². The Morgan fingerprint density at radius 3 is 2.45 bits per heavy atom. The van der Waals surface area contributed by atoms with Crippen LogP contribution >= 0.6 is 11.6 Å². The van der Waals surface area contributed by atoms with Gasteiger partial charge in [0.2, 0.25) is 0 Å². The molecular weight excluding hydrogens is 282 g/mol. The van der Waals surface area contributed by atoms with E-state index in [4.69, 9.17) is 21.4 Å². The third-order valence-corrected chi connectivity index (χ3v) is 2.58. The number of nitrogens with one attached hydrogen (secondary N) is 1. The van der Waals surface area contributed by atoms with Crippen LogP contribution < -0.4 is 10.1 Å². The highest BCUT2D eigenvalue weighted by molar-refractivity contribution is 6.31. The van der Waals surface area contributed by atoms with E-state index in [1.54, 1.807) is 6.92 Å². The van der Waals surface area contributed by atoms with Crippen LogP contribution in [0.3, 0.4) is 0 Å². The molecule has 0 radical (unpaired) electrons. The van der Waals surface area contributed by atoms with Crippen molar-refractivity contribution in [2.75, 3.05) is 0 Å². The number of carboxylic acid groups (broad SMARTS) is 1. The quantitative estimate of drug-likeness (QED) is 0.896. The van der Waals surface area contributed by atoms with E-state index in [0.29, 0.717) is 5.02 Å². The minimum absolute atomic E-state index is 0.0760. The van der Waals surface area contributed by atoms with E-state index in [1.165, 1.54) is 18.2 Å². The van der Waals surface area contributed by atoms with Crippen molar-refractivity contribution in [3.63, 3.8) is 0 Å². The predicted octanol–water partition coefficient (Wildman–Crippen LogP) is 2.72. The summed E-state index contributed by atoms with van der Waals surface area (Å²) in [6.45, 7) is 7.11. The van der Waals surface area contributed by atoms with Crippen molar-refractivity contribution >= 4 is 23.5 Å². The van der Waals surface area contributed by atoms with Crippen LogP contribution in [0.4, 0.5) is 0 Å². The molecule has 0 aromatic heterocycles. The van der Waals surface area contributed by atoms with Gasteiger partial charge in [0.05, 0.1) is 0 Å². The van der Waals surface area contributed by atoms with Gasteiger partial charge in [0.25, 0.3) is 5.91 Å². The minimum Gasteiger partial charge on any atom is -0.480 e. The maximum Gasteiger partial charge on any atom is 0.339 e. The number of benzene rings is 1. The highest BCUT2D eigenvalue weighted by atomic mass is 35.5. The Hall–Kier alpha value is -1.75. The largest absolute Gasteiger partial charge is 0.480 e.